The summed E-state index contributed by atoms with van der Waals surface area (Å²) in [6, 6.07) is 3.10. The van der Waals surface area contributed by atoms with Crippen molar-refractivity contribution in [3.05, 3.63) is 51.6 Å². The fraction of sp³-hybridized carbons (Fsp3) is 0.500. The molecule has 0 bridgehead atoms. The van der Waals surface area contributed by atoms with Gasteiger partial charge in [0.15, 0.2) is 12.1 Å². The van der Waals surface area contributed by atoms with Crippen LogP contribution >= 0.6 is 0 Å². The Morgan fingerprint density at radius 2 is 1.67 bits per heavy atom. The van der Waals surface area contributed by atoms with Gasteiger partial charge < -0.3 is 45.0 Å². The van der Waals surface area contributed by atoms with Crippen LogP contribution in [0, 0.1) is 0 Å². The number of likely N-dealkylation sites (N-methyl/N-ethyl adjacent to an activating group) is 1. The molecule has 1 saturated heterocycles. The standard InChI is InChI=1S/C28H33NO10/c1-5-28(37)10-17(32)12-8-13-19(26(36)22-16(31)7-6-15(30)21(22)24(13)34)25(35)20(12)27(28)39-18-9-14(29(3)4)23(33)11(2)38-18/h6-8,11,14,17-18,23,27,30-33,35,37H,5,9-10H2,1-4H3/t11?,14?,17-,18?,23?,27+,28+/m0/s1. The molecule has 6 N–H and O–H groups in total. The summed E-state index contributed by atoms with van der Waals surface area (Å²) >= 11 is 0. The number of fused-ring (bicyclic) bond motifs is 3. The third-order valence-corrected chi connectivity index (χ3v) is 8.35. The van der Waals surface area contributed by atoms with Crippen molar-refractivity contribution in [2.45, 2.75) is 75.5 Å². The molecule has 11 heteroatoms. The van der Waals surface area contributed by atoms with Crippen molar-refractivity contribution >= 4 is 11.6 Å². The van der Waals surface area contributed by atoms with E-state index in [1.807, 2.05) is 19.0 Å². The monoisotopic (exact) mass is 543 g/mol. The van der Waals surface area contributed by atoms with Crippen LogP contribution in [-0.2, 0) is 9.47 Å². The second-order valence-electron chi connectivity index (χ2n) is 10.9. The predicted octanol–water partition coefficient (Wildman–Crippen LogP) is 1.64. The van der Waals surface area contributed by atoms with E-state index in [2.05, 4.69) is 0 Å². The number of phenolic OH excluding ortho intramolecular Hbond substituents is 3. The summed E-state index contributed by atoms with van der Waals surface area (Å²) in [5.41, 5.74) is -3.18. The molecule has 7 atom stereocenters. The van der Waals surface area contributed by atoms with Crippen LogP contribution in [0.15, 0.2) is 18.2 Å². The van der Waals surface area contributed by atoms with E-state index in [4.69, 9.17) is 9.47 Å². The third kappa shape index (κ3) is 4.12. The molecular weight excluding hydrogens is 510 g/mol. The number of ether oxygens (including phenoxy) is 2. The summed E-state index contributed by atoms with van der Waals surface area (Å²) in [5, 5.41) is 65.4. The normalized spacial score (nSPS) is 32.1. The number of nitrogens with zero attached hydrogens (tertiary/aromatic N) is 1. The molecule has 0 aromatic heterocycles. The number of hydrogen-bond acceptors (Lipinski definition) is 11. The summed E-state index contributed by atoms with van der Waals surface area (Å²) in [7, 11) is 3.62. The first-order valence-electron chi connectivity index (χ1n) is 12.9. The number of phenols is 3. The van der Waals surface area contributed by atoms with Crippen LogP contribution in [-0.4, -0.2) is 91.3 Å². The minimum atomic E-state index is -1.69. The van der Waals surface area contributed by atoms with Crippen molar-refractivity contribution in [1.29, 1.82) is 0 Å². The topological polar surface area (TPSA) is 177 Å². The number of rotatable bonds is 4. The van der Waals surface area contributed by atoms with Crippen LogP contribution in [0.5, 0.6) is 17.2 Å². The molecule has 3 aliphatic rings. The van der Waals surface area contributed by atoms with Gasteiger partial charge in [-0.3, -0.25) is 9.59 Å². The van der Waals surface area contributed by atoms with E-state index in [0.717, 1.165) is 12.1 Å². The van der Waals surface area contributed by atoms with Gasteiger partial charge in [0.1, 0.15) is 23.4 Å². The Hall–Kier alpha value is -3.06. The lowest BCUT2D eigenvalue weighted by molar-refractivity contribution is -0.279. The average Bonchev–Trinajstić information content (AvgIpc) is 2.87. The van der Waals surface area contributed by atoms with E-state index in [1.54, 1.807) is 13.8 Å². The zero-order valence-corrected chi connectivity index (χ0v) is 22.1. The molecule has 4 unspecified atom stereocenters. The smallest absolute Gasteiger partial charge is 0.202 e. The largest absolute Gasteiger partial charge is 0.507 e. The SMILES string of the molecule is CC[C@@]1(O)C[C@H](O)c2cc3c(c(O)c2[C@H]1OC1CC(N(C)C)C(O)C(C)O1)C(=O)c1c(O)ccc(O)c1C3=O. The maximum Gasteiger partial charge on any atom is 0.202 e. The van der Waals surface area contributed by atoms with Crippen LogP contribution in [0.1, 0.15) is 88.3 Å². The number of aliphatic hydroxyl groups is 3. The third-order valence-electron chi connectivity index (χ3n) is 8.35. The van der Waals surface area contributed by atoms with E-state index in [9.17, 15) is 40.2 Å². The maximum absolute atomic E-state index is 13.5. The lowest BCUT2D eigenvalue weighted by Gasteiger charge is -2.47. The number of hydrogen-bond donors (Lipinski definition) is 6. The van der Waals surface area contributed by atoms with Crippen molar-refractivity contribution in [3.63, 3.8) is 0 Å². The molecule has 2 aromatic rings. The highest BCUT2D eigenvalue weighted by Gasteiger charge is 2.51. The second-order valence-corrected chi connectivity index (χ2v) is 10.9. The first-order chi connectivity index (χ1) is 18.3. The molecule has 5 rings (SSSR count). The van der Waals surface area contributed by atoms with Crippen LogP contribution in [0.3, 0.4) is 0 Å². The van der Waals surface area contributed by atoms with Crippen molar-refractivity contribution in [2.75, 3.05) is 14.1 Å². The minimum Gasteiger partial charge on any atom is -0.507 e. The summed E-state index contributed by atoms with van der Waals surface area (Å²) in [6.07, 6.45) is -4.76. The van der Waals surface area contributed by atoms with Gasteiger partial charge in [-0.05, 0) is 51.2 Å². The Kier molecular flexibility index (Phi) is 6.73. The van der Waals surface area contributed by atoms with Gasteiger partial charge in [-0.2, -0.15) is 0 Å². The highest BCUT2D eigenvalue weighted by Crippen LogP contribution is 2.53. The molecular formula is C28H33NO10. The Morgan fingerprint density at radius 1 is 1.05 bits per heavy atom. The highest BCUT2D eigenvalue weighted by atomic mass is 16.7. The molecule has 0 radical (unpaired) electrons. The number of aliphatic hydroxyl groups excluding tert-OH is 2. The molecule has 2 aliphatic carbocycles. The van der Waals surface area contributed by atoms with E-state index in [-0.39, 0.29) is 42.0 Å². The Balaban J connectivity index is 1.66. The van der Waals surface area contributed by atoms with Crippen molar-refractivity contribution in [3.8, 4) is 17.2 Å². The van der Waals surface area contributed by atoms with Crippen LogP contribution in [0.25, 0.3) is 0 Å². The number of carbonyl (C=O) groups excluding carboxylic acids is 2. The molecule has 11 nitrogen and oxygen atoms in total. The Labute approximate surface area is 224 Å². The number of benzene rings is 2. The van der Waals surface area contributed by atoms with Gasteiger partial charge in [0, 0.05) is 30.0 Å². The Morgan fingerprint density at radius 3 is 2.26 bits per heavy atom. The predicted molar refractivity (Wildman–Crippen MR) is 136 cm³/mol. The zero-order valence-electron chi connectivity index (χ0n) is 22.1. The fourth-order valence-corrected chi connectivity index (χ4v) is 6.09. The lowest BCUT2D eigenvalue weighted by atomic mass is 9.71. The van der Waals surface area contributed by atoms with E-state index in [0.29, 0.717) is 0 Å². The molecule has 0 saturated carbocycles. The first kappa shape index (κ1) is 27.5. The van der Waals surface area contributed by atoms with Gasteiger partial charge in [0.2, 0.25) is 5.78 Å². The molecule has 0 spiro atoms. The molecule has 1 fully saturated rings. The molecule has 1 aliphatic heterocycles. The molecule has 210 valence electrons. The highest BCUT2D eigenvalue weighted by molar-refractivity contribution is 6.31. The zero-order chi connectivity index (χ0) is 28.5. The van der Waals surface area contributed by atoms with Crippen molar-refractivity contribution < 1.29 is 49.7 Å². The molecule has 2 aromatic carbocycles. The minimum absolute atomic E-state index is 0.0649. The van der Waals surface area contributed by atoms with Crippen LogP contribution in [0.2, 0.25) is 0 Å². The number of carbonyl (C=O) groups is 2. The summed E-state index contributed by atoms with van der Waals surface area (Å²) in [5.74, 6) is -3.42. The molecule has 0 amide bonds. The molecule has 39 heavy (non-hydrogen) atoms. The van der Waals surface area contributed by atoms with Gasteiger partial charge in [0.25, 0.3) is 0 Å². The number of ketones is 2. The maximum atomic E-state index is 13.5. The van der Waals surface area contributed by atoms with E-state index >= 15 is 0 Å². The Bertz CT molecular complexity index is 1360. The average molecular weight is 544 g/mol. The quantitative estimate of drug-likeness (QED) is 0.264. The van der Waals surface area contributed by atoms with Gasteiger partial charge in [0.05, 0.1) is 40.6 Å². The lowest BCUT2D eigenvalue weighted by Crippen LogP contribution is -2.54. The van der Waals surface area contributed by atoms with E-state index < -0.39 is 81.8 Å². The van der Waals surface area contributed by atoms with Gasteiger partial charge >= 0.3 is 0 Å². The van der Waals surface area contributed by atoms with Gasteiger partial charge in [-0.25, -0.2) is 0 Å². The summed E-state index contributed by atoms with van der Waals surface area (Å²) < 4.78 is 12.2. The molecule has 1 heterocycles. The number of aromatic hydroxyl groups is 3. The van der Waals surface area contributed by atoms with E-state index in [1.165, 1.54) is 6.07 Å². The van der Waals surface area contributed by atoms with Crippen molar-refractivity contribution in [2.24, 2.45) is 0 Å². The van der Waals surface area contributed by atoms with Crippen molar-refractivity contribution in [1.82, 2.24) is 4.90 Å². The first-order valence-corrected chi connectivity index (χ1v) is 12.9. The van der Waals surface area contributed by atoms with Crippen LogP contribution < -0.4 is 0 Å². The van der Waals surface area contributed by atoms with Gasteiger partial charge in [-0.1, -0.05) is 6.92 Å². The second kappa shape index (κ2) is 9.54. The summed E-state index contributed by atoms with van der Waals surface area (Å²) in [6.45, 7) is 3.38. The van der Waals surface area contributed by atoms with Gasteiger partial charge in [-0.15, -0.1) is 0 Å². The van der Waals surface area contributed by atoms with Crippen LogP contribution in [0.4, 0.5) is 0 Å². The fourth-order valence-electron chi connectivity index (χ4n) is 6.09. The summed E-state index contributed by atoms with van der Waals surface area (Å²) in [4.78, 5) is 28.7.